The third-order valence-electron chi connectivity index (χ3n) is 11.8. The van der Waals surface area contributed by atoms with Gasteiger partial charge in [-0.2, -0.15) is 0 Å². The maximum atomic E-state index is 12.8. The number of carbonyl (C=O) groups is 3. The van der Waals surface area contributed by atoms with Crippen LogP contribution in [0.5, 0.6) is 0 Å². The van der Waals surface area contributed by atoms with Gasteiger partial charge in [-0.05, 0) is 83.5 Å². The number of quaternary nitrogens is 1. The topological polar surface area (TPSA) is 102 Å². The van der Waals surface area contributed by atoms with Crippen LogP contribution >= 0.6 is 0 Å². The van der Waals surface area contributed by atoms with Crippen molar-refractivity contribution in [2.75, 3.05) is 41.0 Å². The average molecular weight is 924 g/mol. The molecule has 0 aliphatic rings. The molecule has 0 aromatic rings. The first-order chi connectivity index (χ1) is 32.1. The number of unbranched alkanes of at least 4 members (excludes halogenated alkanes) is 22. The molecule has 0 saturated heterocycles. The molecule has 0 amide bonds. The number of carboxylic acids is 1. The standard InChI is InChI=1S/C58H101NO7/c1-6-8-10-12-14-16-18-20-22-24-26-28-30-32-34-36-38-40-42-44-46-48-56(60)65-53-54(52-64-51-50-55(58(62)63)59(3,4)5)66-57(61)49-47-45-43-41-39-37-35-33-31-29-27-25-23-21-19-17-15-13-11-9-7-2/h9,11,15,17-18,20-21,23-24,26-27,29,54-55H,6-8,10,12-14,16,19,22,25,28,30-53H2,1-5H3/b11-9-,17-15-,20-18-,23-21-,26-24-,29-27-. The molecule has 0 radical (unpaired) electrons. The Hall–Kier alpha value is -3.23. The van der Waals surface area contributed by atoms with E-state index in [1.807, 2.05) is 0 Å². The summed E-state index contributed by atoms with van der Waals surface area (Å²) in [6, 6.07) is -0.732. The Morgan fingerprint density at radius 3 is 1.26 bits per heavy atom. The summed E-state index contributed by atoms with van der Waals surface area (Å²) < 4.78 is 17.3. The van der Waals surface area contributed by atoms with Crippen molar-refractivity contribution in [2.24, 2.45) is 0 Å². The minimum absolute atomic E-state index is 0.0336. The number of nitrogens with zero attached hydrogens (tertiary/aromatic N) is 1. The summed E-state index contributed by atoms with van der Waals surface area (Å²) in [5.41, 5.74) is 0. The Bertz CT molecular complexity index is 1310. The van der Waals surface area contributed by atoms with Crippen molar-refractivity contribution >= 4 is 17.9 Å². The number of ether oxygens (including phenoxy) is 3. The lowest BCUT2D eigenvalue weighted by molar-refractivity contribution is -0.889. The van der Waals surface area contributed by atoms with E-state index in [1.165, 1.54) is 116 Å². The zero-order valence-corrected chi connectivity index (χ0v) is 43.3. The number of allylic oxidation sites excluding steroid dienone is 12. The Morgan fingerprint density at radius 2 is 0.848 bits per heavy atom. The molecular formula is C58H101NO7. The average Bonchev–Trinajstić information content (AvgIpc) is 3.28. The van der Waals surface area contributed by atoms with Crippen LogP contribution in [0.2, 0.25) is 0 Å². The van der Waals surface area contributed by atoms with Gasteiger partial charge in [-0.15, -0.1) is 0 Å². The summed E-state index contributed by atoms with van der Waals surface area (Å²) in [5.74, 6) is -1.75. The van der Waals surface area contributed by atoms with E-state index in [0.29, 0.717) is 12.8 Å². The molecule has 0 aromatic heterocycles. The van der Waals surface area contributed by atoms with E-state index in [-0.39, 0.29) is 42.7 Å². The van der Waals surface area contributed by atoms with Gasteiger partial charge in [0.25, 0.3) is 0 Å². The van der Waals surface area contributed by atoms with Crippen LogP contribution in [0.3, 0.4) is 0 Å². The van der Waals surface area contributed by atoms with Crippen molar-refractivity contribution in [1.82, 2.24) is 0 Å². The van der Waals surface area contributed by atoms with Crippen molar-refractivity contribution in [1.29, 1.82) is 0 Å². The van der Waals surface area contributed by atoms with Gasteiger partial charge in [-0.3, -0.25) is 9.59 Å². The molecule has 0 fully saturated rings. The maximum Gasteiger partial charge on any atom is 0.306 e. The summed E-state index contributed by atoms with van der Waals surface area (Å²) in [6.07, 6.45) is 62.1. The molecule has 0 bridgehead atoms. The highest BCUT2D eigenvalue weighted by Gasteiger charge is 2.25. The Labute approximate surface area is 406 Å². The van der Waals surface area contributed by atoms with Gasteiger partial charge in [0.2, 0.25) is 0 Å². The van der Waals surface area contributed by atoms with Crippen LogP contribution in [-0.4, -0.2) is 75.5 Å². The zero-order valence-electron chi connectivity index (χ0n) is 43.3. The van der Waals surface area contributed by atoms with Crippen molar-refractivity contribution in [3.63, 3.8) is 0 Å². The van der Waals surface area contributed by atoms with Crippen LogP contribution in [0.25, 0.3) is 0 Å². The first kappa shape index (κ1) is 62.8. The van der Waals surface area contributed by atoms with Gasteiger partial charge in [0.1, 0.15) is 12.6 Å². The molecule has 0 rings (SSSR count). The maximum absolute atomic E-state index is 12.8. The fourth-order valence-electron chi connectivity index (χ4n) is 7.68. The van der Waals surface area contributed by atoms with E-state index in [2.05, 4.69) is 86.8 Å². The number of esters is 2. The number of rotatable bonds is 48. The first-order valence-electron chi connectivity index (χ1n) is 27.0. The Kier molecular flexibility index (Phi) is 45.9. The van der Waals surface area contributed by atoms with Crippen molar-refractivity contribution < 1.29 is 38.2 Å². The summed E-state index contributed by atoms with van der Waals surface area (Å²) in [6.45, 7) is 4.54. The molecule has 0 heterocycles. The van der Waals surface area contributed by atoms with Crippen LogP contribution in [0, 0.1) is 0 Å². The van der Waals surface area contributed by atoms with E-state index in [0.717, 1.165) is 77.0 Å². The monoisotopic (exact) mass is 924 g/mol. The molecule has 8 nitrogen and oxygen atoms in total. The van der Waals surface area contributed by atoms with Crippen LogP contribution in [-0.2, 0) is 28.6 Å². The second-order valence-electron chi connectivity index (χ2n) is 19.1. The molecule has 0 aromatic carbocycles. The molecule has 0 spiro atoms. The van der Waals surface area contributed by atoms with E-state index in [4.69, 9.17) is 14.2 Å². The molecular weight excluding hydrogens is 823 g/mol. The summed E-state index contributed by atoms with van der Waals surface area (Å²) in [4.78, 5) is 37.1. The number of hydrogen-bond donors (Lipinski definition) is 0. The normalized spacial score (nSPS) is 13.4. The van der Waals surface area contributed by atoms with Gasteiger partial charge in [0.05, 0.1) is 40.3 Å². The second kappa shape index (κ2) is 48.2. The SMILES string of the molecule is CC/C=C\C/C=C\C/C=C\C/C=C\CCCCCCCCCCC(=O)OC(COCCC(C(=O)[O-])[N+](C)(C)C)COC(=O)CCCCCCCCCCC/C=C\C/C=C\CCCCCCC. The molecule has 0 saturated carbocycles. The van der Waals surface area contributed by atoms with Crippen LogP contribution in [0.1, 0.15) is 226 Å². The number of carbonyl (C=O) groups excluding carboxylic acids is 3. The fraction of sp³-hybridized carbons (Fsp3) is 0.741. The minimum Gasteiger partial charge on any atom is -0.544 e. The highest BCUT2D eigenvalue weighted by Crippen LogP contribution is 2.15. The number of likely N-dealkylation sites (N-methyl/N-ethyl adjacent to an activating group) is 1. The third-order valence-corrected chi connectivity index (χ3v) is 11.8. The summed E-state index contributed by atoms with van der Waals surface area (Å²) in [5, 5.41) is 11.7. The minimum atomic E-state index is -1.13. The molecule has 0 aliphatic carbocycles. The molecule has 0 aliphatic heterocycles. The highest BCUT2D eigenvalue weighted by molar-refractivity contribution is 5.70. The lowest BCUT2D eigenvalue weighted by atomic mass is 10.1. The Morgan fingerprint density at radius 1 is 0.470 bits per heavy atom. The molecule has 8 heteroatoms. The number of aliphatic carboxylic acids is 1. The van der Waals surface area contributed by atoms with Crippen LogP contribution in [0.4, 0.5) is 0 Å². The Balaban J connectivity index is 4.24. The third kappa shape index (κ3) is 45.9. The van der Waals surface area contributed by atoms with Crippen molar-refractivity contribution in [3.05, 3.63) is 72.9 Å². The summed E-state index contributed by atoms with van der Waals surface area (Å²) in [7, 11) is 5.41. The van der Waals surface area contributed by atoms with E-state index < -0.39 is 18.1 Å². The van der Waals surface area contributed by atoms with E-state index in [9.17, 15) is 19.5 Å². The fourth-order valence-corrected chi connectivity index (χ4v) is 7.68. The lowest BCUT2D eigenvalue weighted by Crippen LogP contribution is -2.55. The lowest BCUT2D eigenvalue weighted by Gasteiger charge is -2.34. The van der Waals surface area contributed by atoms with Crippen LogP contribution < -0.4 is 5.11 Å². The predicted octanol–water partition coefficient (Wildman–Crippen LogP) is 14.5. The number of carboxylic acid groups (broad SMARTS) is 1. The largest absolute Gasteiger partial charge is 0.544 e. The van der Waals surface area contributed by atoms with Gasteiger partial charge >= 0.3 is 11.9 Å². The van der Waals surface area contributed by atoms with E-state index >= 15 is 0 Å². The van der Waals surface area contributed by atoms with Crippen LogP contribution in [0.15, 0.2) is 72.9 Å². The van der Waals surface area contributed by atoms with Gasteiger partial charge in [-0.1, -0.05) is 196 Å². The molecule has 66 heavy (non-hydrogen) atoms. The zero-order chi connectivity index (χ0) is 48.4. The van der Waals surface area contributed by atoms with E-state index in [1.54, 1.807) is 21.1 Å². The smallest absolute Gasteiger partial charge is 0.306 e. The predicted molar refractivity (Wildman–Crippen MR) is 277 cm³/mol. The van der Waals surface area contributed by atoms with Gasteiger partial charge in [0, 0.05) is 19.3 Å². The van der Waals surface area contributed by atoms with Gasteiger partial charge in [-0.25, -0.2) is 0 Å². The number of hydrogen-bond acceptors (Lipinski definition) is 7. The van der Waals surface area contributed by atoms with Crippen molar-refractivity contribution in [2.45, 2.75) is 238 Å². The molecule has 380 valence electrons. The van der Waals surface area contributed by atoms with Crippen molar-refractivity contribution in [3.8, 4) is 0 Å². The molecule has 2 atom stereocenters. The second-order valence-corrected chi connectivity index (χ2v) is 19.1. The van der Waals surface area contributed by atoms with Gasteiger partial charge in [0.15, 0.2) is 6.10 Å². The molecule has 2 unspecified atom stereocenters. The van der Waals surface area contributed by atoms with Gasteiger partial charge < -0.3 is 28.6 Å². The summed E-state index contributed by atoms with van der Waals surface area (Å²) >= 11 is 0. The highest BCUT2D eigenvalue weighted by atomic mass is 16.6. The first-order valence-corrected chi connectivity index (χ1v) is 27.0. The molecule has 0 N–H and O–H groups in total. The quantitative estimate of drug-likeness (QED) is 0.0259.